The standard InChI is InChI=1S/C20H17Cl/c1-14-13-18(16-9-5-3-6-10-16)20(21)15(2)19(14)17-11-7-4-8-12-17/h3-13H,1-2H3. The van der Waals surface area contributed by atoms with Crippen LogP contribution in [0.1, 0.15) is 11.1 Å². The van der Waals surface area contributed by atoms with Gasteiger partial charge in [0.05, 0.1) is 5.02 Å². The fraction of sp³-hybridized carbons (Fsp3) is 0.100. The van der Waals surface area contributed by atoms with Crippen LogP contribution in [0.4, 0.5) is 0 Å². The molecule has 0 nitrogen and oxygen atoms in total. The average Bonchev–Trinajstić information content (AvgIpc) is 2.53. The van der Waals surface area contributed by atoms with E-state index < -0.39 is 0 Å². The molecule has 21 heavy (non-hydrogen) atoms. The predicted molar refractivity (Wildman–Crippen MR) is 91.8 cm³/mol. The molecule has 0 radical (unpaired) electrons. The molecule has 3 aromatic carbocycles. The molecule has 0 atom stereocenters. The van der Waals surface area contributed by atoms with Crippen LogP contribution in [0.5, 0.6) is 0 Å². The minimum atomic E-state index is 0.839. The number of hydrogen-bond donors (Lipinski definition) is 0. The summed E-state index contributed by atoms with van der Waals surface area (Å²) in [6, 6.07) is 22.9. The fourth-order valence-corrected chi connectivity index (χ4v) is 3.09. The largest absolute Gasteiger partial charge is 0.0833 e. The van der Waals surface area contributed by atoms with Gasteiger partial charge in [-0.1, -0.05) is 72.3 Å². The van der Waals surface area contributed by atoms with Gasteiger partial charge in [0.25, 0.3) is 0 Å². The molecule has 3 rings (SSSR count). The molecule has 0 saturated carbocycles. The minimum absolute atomic E-state index is 0.839. The van der Waals surface area contributed by atoms with Gasteiger partial charge in [0, 0.05) is 5.56 Å². The molecule has 0 saturated heterocycles. The number of rotatable bonds is 2. The van der Waals surface area contributed by atoms with Gasteiger partial charge >= 0.3 is 0 Å². The van der Waals surface area contributed by atoms with Crippen LogP contribution in [0, 0.1) is 13.8 Å². The molecule has 0 aliphatic rings. The second kappa shape index (κ2) is 5.75. The van der Waals surface area contributed by atoms with E-state index in [1.807, 2.05) is 24.3 Å². The van der Waals surface area contributed by atoms with Gasteiger partial charge in [-0.2, -0.15) is 0 Å². The van der Waals surface area contributed by atoms with Crippen molar-refractivity contribution in [3.8, 4) is 22.3 Å². The van der Waals surface area contributed by atoms with Crippen molar-refractivity contribution in [1.82, 2.24) is 0 Å². The van der Waals surface area contributed by atoms with E-state index in [2.05, 4.69) is 56.3 Å². The molecular weight excluding hydrogens is 276 g/mol. The Morgan fingerprint density at radius 2 is 1.24 bits per heavy atom. The zero-order valence-corrected chi connectivity index (χ0v) is 13.0. The minimum Gasteiger partial charge on any atom is -0.0833 e. The smallest absolute Gasteiger partial charge is 0.0519 e. The fourth-order valence-electron chi connectivity index (χ4n) is 2.84. The zero-order valence-electron chi connectivity index (χ0n) is 12.2. The van der Waals surface area contributed by atoms with Gasteiger partial charge in [-0.05, 0) is 47.7 Å². The van der Waals surface area contributed by atoms with Crippen molar-refractivity contribution in [2.45, 2.75) is 13.8 Å². The maximum absolute atomic E-state index is 6.65. The summed E-state index contributed by atoms with van der Waals surface area (Å²) in [6.07, 6.45) is 0. The lowest BCUT2D eigenvalue weighted by molar-refractivity contribution is 1.37. The summed E-state index contributed by atoms with van der Waals surface area (Å²) in [5.74, 6) is 0. The van der Waals surface area contributed by atoms with E-state index >= 15 is 0 Å². The van der Waals surface area contributed by atoms with E-state index in [0.29, 0.717) is 0 Å². The number of benzene rings is 3. The highest BCUT2D eigenvalue weighted by Gasteiger charge is 2.14. The van der Waals surface area contributed by atoms with Crippen molar-refractivity contribution in [3.63, 3.8) is 0 Å². The van der Waals surface area contributed by atoms with Crippen LogP contribution < -0.4 is 0 Å². The summed E-state index contributed by atoms with van der Waals surface area (Å²) in [7, 11) is 0. The molecule has 0 amide bonds. The molecular formula is C20H17Cl. The maximum atomic E-state index is 6.65. The van der Waals surface area contributed by atoms with Gasteiger partial charge in [-0.3, -0.25) is 0 Å². The first-order valence-corrected chi connectivity index (χ1v) is 7.47. The van der Waals surface area contributed by atoms with E-state index in [-0.39, 0.29) is 0 Å². The van der Waals surface area contributed by atoms with Crippen molar-refractivity contribution in [2.24, 2.45) is 0 Å². The van der Waals surface area contributed by atoms with Crippen LogP contribution in [-0.2, 0) is 0 Å². The Morgan fingerprint density at radius 1 is 0.714 bits per heavy atom. The third-order valence-electron chi connectivity index (χ3n) is 3.84. The molecule has 0 spiro atoms. The topological polar surface area (TPSA) is 0 Å². The first-order valence-electron chi connectivity index (χ1n) is 7.09. The van der Waals surface area contributed by atoms with E-state index in [1.165, 1.54) is 16.7 Å². The lowest BCUT2D eigenvalue weighted by Gasteiger charge is -2.16. The first kappa shape index (κ1) is 13.9. The molecule has 0 aliphatic carbocycles. The Bertz CT molecular complexity index is 759. The quantitative estimate of drug-likeness (QED) is 0.520. The lowest BCUT2D eigenvalue weighted by Crippen LogP contribution is -1.92. The van der Waals surface area contributed by atoms with Crippen LogP contribution >= 0.6 is 11.6 Å². The highest BCUT2D eigenvalue weighted by atomic mass is 35.5. The summed E-state index contributed by atoms with van der Waals surface area (Å²) in [5.41, 5.74) is 7.11. The van der Waals surface area contributed by atoms with Gasteiger partial charge in [-0.25, -0.2) is 0 Å². The summed E-state index contributed by atoms with van der Waals surface area (Å²) in [4.78, 5) is 0. The van der Waals surface area contributed by atoms with Gasteiger partial charge in [0.15, 0.2) is 0 Å². The molecule has 0 bridgehead atoms. The summed E-state index contributed by atoms with van der Waals surface area (Å²) in [5, 5.41) is 0.839. The SMILES string of the molecule is Cc1cc(-c2ccccc2)c(Cl)c(C)c1-c1ccccc1. The van der Waals surface area contributed by atoms with Gasteiger partial charge in [-0.15, -0.1) is 0 Å². The second-order valence-electron chi connectivity index (χ2n) is 5.29. The molecule has 0 fully saturated rings. The first-order chi connectivity index (χ1) is 10.2. The number of aryl methyl sites for hydroxylation is 1. The lowest BCUT2D eigenvalue weighted by atomic mass is 9.91. The van der Waals surface area contributed by atoms with Gasteiger partial charge in [0.2, 0.25) is 0 Å². The molecule has 1 heteroatoms. The molecule has 104 valence electrons. The van der Waals surface area contributed by atoms with Crippen molar-refractivity contribution < 1.29 is 0 Å². The molecule has 0 heterocycles. The Labute approximate surface area is 131 Å². The zero-order chi connectivity index (χ0) is 14.8. The Kier molecular flexibility index (Phi) is 3.81. The summed E-state index contributed by atoms with van der Waals surface area (Å²) in [6.45, 7) is 4.25. The van der Waals surface area contributed by atoms with Gasteiger partial charge in [0.1, 0.15) is 0 Å². The second-order valence-corrected chi connectivity index (χ2v) is 5.67. The number of hydrogen-bond acceptors (Lipinski definition) is 0. The molecule has 0 aliphatic heterocycles. The van der Waals surface area contributed by atoms with Crippen molar-refractivity contribution in [2.75, 3.05) is 0 Å². The monoisotopic (exact) mass is 292 g/mol. The third kappa shape index (κ3) is 2.59. The van der Waals surface area contributed by atoms with Crippen molar-refractivity contribution >= 4 is 11.6 Å². The molecule has 0 N–H and O–H groups in total. The normalized spacial score (nSPS) is 10.6. The van der Waals surface area contributed by atoms with E-state index in [4.69, 9.17) is 11.6 Å². The van der Waals surface area contributed by atoms with Gasteiger partial charge < -0.3 is 0 Å². The summed E-state index contributed by atoms with van der Waals surface area (Å²) >= 11 is 6.65. The Morgan fingerprint density at radius 3 is 1.81 bits per heavy atom. The predicted octanol–water partition coefficient (Wildman–Crippen LogP) is 6.29. The summed E-state index contributed by atoms with van der Waals surface area (Å²) < 4.78 is 0. The van der Waals surface area contributed by atoms with Crippen LogP contribution in [0.15, 0.2) is 66.7 Å². The average molecular weight is 293 g/mol. The van der Waals surface area contributed by atoms with Crippen molar-refractivity contribution in [3.05, 3.63) is 82.9 Å². The van der Waals surface area contributed by atoms with E-state index in [0.717, 1.165) is 21.7 Å². The van der Waals surface area contributed by atoms with Crippen molar-refractivity contribution in [1.29, 1.82) is 0 Å². The highest BCUT2D eigenvalue weighted by molar-refractivity contribution is 6.34. The highest BCUT2D eigenvalue weighted by Crippen LogP contribution is 2.38. The van der Waals surface area contributed by atoms with Crippen LogP contribution in [-0.4, -0.2) is 0 Å². The maximum Gasteiger partial charge on any atom is 0.0519 e. The number of halogens is 1. The molecule has 0 aromatic heterocycles. The van der Waals surface area contributed by atoms with Crippen LogP contribution in [0.2, 0.25) is 5.02 Å². The molecule has 0 unspecified atom stereocenters. The van der Waals surface area contributed by atoms with Crippen LogP contribution in [0.25, 0.3) is 22.3 Å². The third-order valence-corrected chi connectivity index (χ3v) is 4.33. The van der Waals surface area contributed by atoms with E-state index in [9.17, 15) is 0 Å². The molecule has 3 aromatic rings. The van der Waals surface area contributed by atoms with E-state index in [1.54, 1.807) is 0 Å². The Balaban J connectivity index is 2.22. The Hall–Kier alpha value is -2.05. The van der Waals surface area contributed by atoms with Crippen LogP contribution in [0.3, 0.4) is 0 Å².